The first-order valence-corrected chi connectivity index (χ1v) is 18.3. The minimum atomic E-state index is 0.590. The van der Waals surface area contributed by atoms with Gasteiger partial charge in [0.2, 0.25) is 0 Å². The summed E-state index contributed by atoms with van der Waals surface area (Å²) in [7, 11) is 0. The zero-order valence-corrected chi connectivity index (χ0v) is 29.5. The normalized spacial score (nSPS) is 11.6. The van der Waals surface area contributed by atoms with Crippen LogP contribution in [-0.4, -0.2) is 13.7 Å². The molecule has 0 radical (unpaired) electrons. The fourth-order valence-electron chi connectivity index (χ4n) is 8.72. The Morgan fingerprint density at radius 2 is 0.891 bits per heavy atom. The Labute approximate surface area is 316 Å². The van der Waals surface area contributed by atoms with Crippen LogP contribution in [0.2, 0.25) is 0 Å². The smallest absolute Gasteiger partial charge is 0.195 e. The average Bonchev–Trinajstić information content (AvgIpc) is 3.89. The van der Waals surface area contributed by atoms with Crippen LogP contribution in [0.3, 0.4) is 0 Å². The van der Waals surface area contributed by atoms with Gasteiger partial charge in [0.25, 0.3) is 0 Å². The highest BCUT2D eigenvalue weighted by molar-refractivity contribution is 6.16. The number of fused-ring (bicyclic) bond motifs is 9. The Kier molecular flexibility index (Phi) is 6.61. The van der Waals surface area contributed by atoms with E-state index in [1.807, 2.05) is 24.3 Å². The molecule has 3 heterocycles. The van der Waals surface area contributed by atoms with Gasteiger partial charge in [-0.1, -0.05) is 109 Å². The number of nitrogens with zero attached hydrogens (tertiary/aromatic N) is 5. The van der Waals surface area contributed by atoms with E-state index in [4.69, 9.17) is 13.1 Å². The monoisotopic (exact) mass is 699 g/mol. The van der Waals surface area contributed by atoms with E-state index in [2.05, 4.69) is 175 Å². The molecule has 0 fully saturated rings. The van der Waals surface area contributed by atoms with E-state index in [1.54, 1.807) is 0 Å². The fourth-order valence-corrected chi connectivity index (χ4v) is 8.72. The maximum atomic E-state index is 8.19. The lowest BCUT2D eigenvalue weighted by molar-refractivity contribution is 1.13. The SMILES string of the molecule is [C-]#[N+]c1ccc2c(c1)c1cccc(-n3c4ccccc4c4ccccc43)c1n2-c1ccc([N+]#[C-])c(-c2ccc(-n3c4ccccc4c4ccccc43)cc2)c1. The predicted octanol–water partition coefficient (Wildman–Crippen LogP) is 13.7. The minimum Gasteiger partial charge on any atom is -0.309 e. The lowest BCUT2D eigenvalue weighted by Gasteiger charge is -2.16. The molecule has 0 bridgehead atoms. The van der Waals surface area contributed by atoms with E-state index < -0.39 is 0 Å². The Hall–Kier alpha value is -7.86. The van der Waals surface area contributed by atoms with Gasteiger partial charge in [0.1, 0.15) is 0 Å². The van der Waals surface area contributed by atoms with E-state index in [-0.39, 0.29) is 0 Å². The summed E-state index contributed by atoms with van der Waals surface area (Å²) in [6.07, 6.45) is 0. The highest BCUT2D eigenvalue weighted by Gasteiger charge is 2.21. The molecule has 0 spiro atoms. The van der Waals surface area contributed by atoms with Crippen molar-refractivity contribution in [1.82, 2.24) is 13.7 Å². The van der Waals surface area contributed by atoms with Crippen LogP contribution in [0.25, 0.3) is 103 Å². The molecule has 0 saturated carbocycles. The van der Waals surface area contributed by atoms with E-state index in [0.717, 1.165) is 72.1 Å². The summed E-state index contributed by atoms with van der Waals surface area (Å²) in [4.78, 5) is 7.80. The Morgan fingerprint density at radius 1 is 0.364 bits per heavy atom. The zero-order chi connectivity index (χ0) is 36.6. The molecule has 3 aromatic heterocycles. The number of rotatable bonds is 4. The van der Waals surface area contributed by atoms with Crippen LogP contribution in [0.4, 0.5) is 11.4 Å². The molecule has 5 heteroatoms. The molecule has 55 heavy (non-hydrogen) atoms. The van der Waals surface area contributed by atoms with E-state index in [1.165, 1.54) is 21.5 Å². The van der Waals surface area contributed by atoms with Crippen LogP contribution in [0, 0.1) is 13.1 Å². The second kappa shape index (κ2) is 11.8. The van der Waals surface area contributed by atoms with Gasteiger partial charge in [-0.25, -0.2) is 9.69 Å². The molecule has 0 aliphatic carbocycles. The minimum absolute atomic E-state index is 0.590. The van der Waals surface area contributed by atoms with E-state index in [0.29, 0.717) is 11.4 Å². The maximum Gasteiger partial charge on any atom is 0.195 e. The summed E-state index contributed by atoms with van der Waals surface area (Å²) in [5, 5.41) is 6.91. The van der Waals surface area contributed by atoms with Gasteiger partial charge in [-0.2, -0.15) is 0 Å². The van der Waals surface area contributed by atoms with Crippen molar-refractivity contribution in [1.29, 1.82) is 0 Å². The van der Waals surface area contributed by atoms with Crippen molar-refractivity contribution >= 4 is 76.8 Å². The maximum absolute atomic E-state index is 8.19. The first-order valence-electron chi connectivity index (χ1n) is 18.3. The average molecular weight is 700 g/mol. The van der Waals surface area contributed by atoms with Crippen molar-refractivity contribution in [3.63, 3.8) is 0 Å². The van der Waals surface area contributed by atoms with Gasteiger partial charge in [-0.3, -0.25) is 0 Å². The molecule has 0 N–H and O–H groups in total. The first kappa shape index (κ1) is 30.7. The molecule has 8 aromatic carbocycles. The molecule has 11 aromatic rings. The van der Waals surface area contributed by atoms with Gasteiger partial charge in [-0.05, 0) is 83.2 Å². The topological polar surface area (TPSA) is 23.5 Å². The molecule has 11 rings (SSSR count). The van der Waals surface area contributed by atoms with Crippen LogP contribution < -0.4 is 0 Å². The van der Waals surface area contributed by atoms with Gasteiger partial charge in [-0.15, -0.1) is 0 Å². The van der Waals surface area contributed by atoms with Crippen LogP contribution >= 0.6 is 0 Å². The third kappa shape index (κ3) is 4.45. The lowest BCUT2D eigenvalue weighted by Crippen LogP contribution is -2.01. The predicted molar refractivity (Wildman–Crippen MR) is 227 cm³/mol. The highest BCUT2D eigenvalue weighted by Crippen LogP contribution is 2.42. The molecule has 0 atom stereocenters. The van der Waals surface area contributed by atoms with Gasteiger partial charge in [0.05, 0.1) is 51.9 Å². The summed E-state index contributed by atoms with van der Waals surface area (Å²) in [5.74, 6) is 0. The van der Waals surface area contributed by atoms with E-state index >= 15 is 0 Å². The highest BCUT2D eigenvalue weighted by atomic mass is 15.1. The second-order valence-corrected chi connectivity index (χ2v) is 13.9. The lowest BCUT2D eigenvalue weighted by atomic mass is 10.0. The van der Waals surface area contributed by atoms with Crippen molar-refractivity contribution in [2.75, 3.05) is 0 Å². The Morgan fingerprint density at radius 3 is 1.47 bits per heavy atom. The molecule has 0 unspecified atom stereocenters. The van der Waals surface area contributed by atoms with Crippen LogP contribution in [0.5, 0.6) is 0 Å². The van der Waals surface area contributed by atoms with Crippen molar-refractivity contribution < 1.29 is 0 Å². The Bertz CT molecular complexity index is 3350. The quantitative estimate of drug-likeness (QED) is 0.163. The van der Waals surface area contributed by atoms with Gasteiger partial charge in [0, 0.05) is 38.3 Å². The van der Waals surface area contributed by atoms with Crippen LogP contribution in [-0.2, 0) is 0 Å². The molecule has 0 aliphatic heterocycles. The van der Waals surface area contributed by atoms with Crippen molar-refractivity contribution in [3.8, 4) is 28.2 Å². The van der Waals surface area contributed by atoms with E-state index in [9.17, 15) is 0 Å². The Balaban J connectivity index is 1.15. The number of hydrogen-bond donors (Lipinski definition) is 0. The molecular formula is C50H29N5. The standard InChI is InChI=1S/C50H29N5/c1-51-33-24-29-48-42(30-33)40-16-11-21-49(55-46-19-9-5-14-38(46)39-15-6-10-20-47(39)55)50(40)54(48)35-27-28-43(52-2)41(31-35)32-22-25-34(26-23-32)53-44-17-7-3-12-36(44)37-13-4-8-18-45(37)53/h3-31H. The summed E-state index contributed by atoms with van der Waals surface area (Å²) in [5.41, 5.74) is 12.7. The van der Waals surface area contributed by atoms with Gasteiger partial charge in [0.15, 0.2) is 11.4 Å². The molecule has 0 aliphatic rings. The fraction of sp³-hybridized carbons (Fsp3) is 0. The van der Waals surface area contributed by atoms with Crippen molar-refractivity contribution in [2.24, 2.45) is 0 Å². The number of para-hydroxylation sites is 5. The van der Waals surface area contributed by atoms with Crippen molar-refractivity contribution in [3.05, 3.63) is 199 Å². The molecule has 5 nitrogen and oxygen atoms in total. The number of aromatic nitrogens is 3. The van der Waals surface area contributed by atoms with Gasteiger partial charge >= 0.3 is 0 Å². The zero-order valence-electron chi connectivity index (χ0n) is 29.5. The third-order valence-electron chi connectivity index (χ3n) is 11.1. The molecular weight excluding hydrogens is 671 g/mol. The summed E-state index contributed by atoms with van der Waals surface area (Å²) < 4.78 is 6.98. The number of hydrogen-bond acceptors (Lipinski definition) is 0. The third-order valence-corrected chi connectivity index (χ3v) is 11.1. The molecule has 254 valence electrons. The molecule has 0 saturated heterocycles. The second-order valence-electron chi connectivity index (χ2n) is 13.9. The van der Waals surface area contributed by atoms with Crippen LogP contribution in [0.1, 0.15) is 0 Å². The summed E-state index contributed by atoms with van der Waals surface area (Å²) in [6, 6.07) is 61.3. The largest absolute Gasteiger partial charge is 0.309 e. The molecule has 0 amide bonds. The van der Waals surface area contributed by atoms with Gasteiger partial charge < -0.3 is 13.7 Å². The van der Waals surface area contributed by atoms with Crippen LogP contribution in [0.15, 0.2) is 176 Å². The first-order chi connectivity index (χ1) is 27.2. The van der Waals surface area contributed by atoms with Crippen molar-refractivity contribution in [2.45, 2.75) is 0 Å². The summed E-state index contributed by atoms with van der Waals surface area (Å²) >= 11 is 0. The summed E-state index contributed by atoms with van der Waals surface area (Å²) in [6.45, 7) is 16.0. The number of benzene rings is 8.